The van der Waals surface area contributed by atoms with Crippen LogP contribution in [-0.4, -0.2) is 14.2 Å². The molecule has 2 aromatic rings. The predicted molar refractivity (Wildman–Crippen MR) is 86.0 cm³/mol. The predicted octanol–water partition coefficient (Wildman–Crippen LogP) is 4.31. The SMILES string of the molecule is COc1cc(N)c(-c2ccc(C(C)(C)C)s2)cc1OC. The zero-order chi connectivity index (χ0) is 14.9. The Kier molecular flexibility index (Phi) is 3.95. The van der Waals surface area contributed by atoms with E-state index in [1.807, 2.05) is 12.1 Å². The fourth-order valence-electron chi connectivity index (χ4n) is 1.99. The lowest BCUT2D eigenvalue weighted by molar-refractivity contribution is 0.355. The molecule has 0 aliphatic carbocycles. The molecule has 0 unspecified atom stereocenters. The Morgan fingerprint density at radius 1 is 1.00 bits per heavy atom. The molecule has 0 spiro atoms. The van der Waals surface area contributed by atoms with Crippen molar-refractivity contribution in [3.05, 3.63) is 29.1 Å². The zero-order valence-electron chi connectivity index (χ0n) is 12.6. The van der Waals surface area contributed by atoms with Gasteiger partial charge in [0.1, 0.15) is 0 Å². The van der Waals surface area contributed by atoms with E-state index in [1.165, 1.54) is 4.88 Å². The molecule has 0 bridgehead atoms. The van der Waals surface area contributed by atoms with Crippen LogP contribution in [0.2, 0.25) is 0 Å². The van der Waals surface area contributed by atoms with Crippen molar-refractivity contribution in [1.82, 2.24) is 0 Å². The van der Waals surface area contributed by atoms with Crippen LogP contribution in [0.3, 0.4) is 0 Å². The maximum Gasteiger partial charge on any atom is 0.162 e. The van der Waals surface area contributed by atoms with Crippen LogP contribution in [-0.2, 0) is 5.41 Å². The van der Waals surface area contributed by atoms with Gasteiger partial charge in [0.15, 0.2) is 11.5 Å². The highest BCUT2D eigenvalue weighted by Gasteiger charge is 2.18. The fourth-order valence-corrected chi connectivity index (χ4v) is 3.10. The second kappa shape index (κ2) is 5.37. The molecule has 0 fully saturated rings. The summed E-state index contributed by atoms with van der Waals surface area (Å²) in [6, 6.07) is 8.02. The van der Waals surface area contributed by atoms with Crippen LogP contribution in [0.1, 0.15) is 25.6 Å². The molecule has 1 heterocycles. The molecule has 4 heteroatoms. The van der Waals surface area contributed by atoms with Crippen LogP contribution in [0.25, 0.3) is 10.4 Å². The molecule has 1 aromatic heterocycles. The maximum absolute atomic E-state index is 6.14. The van der Waals surface area contributed by atoms with E-state index in [0.717, 1.165) is 10.4 Å². The summed E-state index contributed by atoms with van der Waals surface area (Å²) >= 11 is 1.76. The molecule has 0 amide bonds. The van der Waals surface area contributed by atoms with Gasteiger partial charge in [-0.05, 0) is 23.6 Å². The van der Waals surface area contributed by atoms with E-state index in [0.29, 0.717) is 17.2 Å². The third kappa shape index (κ3) is 2.75. The molecule has 0 saturated heterocycles. The average Bonchev–Trinajstić information content (AvgIpc) is 2.87. The van der Waals surface area contributed by atoms with Crippen molar-refractivity contribution in [2.75, 3.05) is 20.0 Å². The van der Waals surface area contributed by atoms with Gasteiger partial charge in [0.2, 0.25) is 0 Å². The number of anilines is 1. The first kappa shape index (κ1) is 14.7. The van der Waals surface area contributed by atoms with Crippen LogP contribution in [0, 0.1) is 0 Å². The Morgan fingerprint density at radius 3 is 2.10 bits per heavy atom. The summed E-state index contributed by atoms with van der Waals surface area (Å²) in [5, 5.41) is 0. The Labute approximate surface area is 124 Å². The van der Waals surface area contributed by atoms with Crippen molar-refractivity contribution in [1.29, 1.82) is 0 Å². The maximum atomic E-state index is 6.14. The monoisotopic (exact) mass is 291 g/mol. The van der Waals surface area contributed by atoms with Crippen molar-refractivity contribution >= 4 is 17.0 Å². The largest absolute Gasteiger partial charge is 0.493 e. The standard InChI is InChI=1S/C16H21NO2S/c1-16(2,3)15-7-6-14(20-15)10-8-12(18-4)13(19-5)9-11(10)17/h6-9H,17H2,1-5H3. The van der Waals surface area contributed by atoms with E-state index in [9.17, 15) is 0 Å². The van der Waals surface area contributed by atoms with Gasteiger partial charge in [-0.25, -0.2) is 0 Å². The Hall–Kier alpha value is -1.68. The van der Waals surface area contributed by atoms with E-state index in [2.05, 4.69) is 32.9 Å². The zero-order valence-corrected chi connectivity index (χ0v) is 13.4. The number of nitrogen functional groups attached to an aromatic ring is 1. The minimum atomic E-state index is 0.147. The third-order valence-corrected chi connectivity index (χ3v) is 4.71. The third-order valence-electron chi connectivity index (χ3n) is 3.17. The van der Waals surface area contributed by atoms with E-state index >= 15 is 0 Å². The average molecular weight is 291 g/mol. The molecule has 108 valence electrons. The van der Waals surface area contributed by atoms with E-state index in [-0.39, 0.29) is 5.41 Å². The molecule has 0 radical (unpaired) electrons. The van der Waals surface area contributed by atoms with Gasteiger partial charge < -0.3 is 15.2 Å². The molecule has 0 aliphatic rings. The first-order chi connectivity index (χ1) is 9.36. The molecular weight excluding hydrogens is 270 g/mol. The number of nitrogens with two attached hydrogens (primary N) is 1. The molecule has 0 atom stereocenters. The lowest BCUT2D eigenvalue weighted by Crippen LogP contribution is -2.07. The Morgan fingerprint density at radius 2 is 1.60 bits per heavy atom. The van der Waals surface area contributed by atoms with Gasteiger partial charge in [0.25, 0.3) is 0 Å². The molecule has 1 aromatic carbocycles. The van der Waals surface area contributed by atoms with Gasteiger partial charge in [-0.1, -0.05) is 20.8 Å². The first-order valence-corrected chi connectivity index (χ1v) is 7.30. The first-order valence-electron chi connectivity index (χ1n) is 6.49. The Balaban J connectivity index is 2.50. The number of hydrogen-bond donors (Lipinski definition) is 1. The van der Waals surface area contributed by atoms with Crippen LogP contribution in [0.5, 0.6) is 11.5 Å². The molecule has 0 aliphatic heterocycles. The summed E-state index contributed by atoms with van der Waals surface area (Å²) in [5.74, 6) is 1.35. The number of ether oxygens (including phenoxy) is 2. The lowest BCUT2D eigenvalue weighted by atomic mass is 9.95. The quantitative estimate of drug-likeness (QED) is 0.857. The minimum Gasteiger partial charge on any atom is -0.493 e. The van der Waals surface area contributed by atoms with Crippen LogP contribution in [0.15, 0.2) is 24.3 Å². The fraction of sp³-hybridized carbons (Fsp3) is 0.375. The van der Waals surface area contributed by atoms with Gasteiger partial charge in [0.05, 0.1) is 14.2 Å². The lowest BCUT2D eigenvalue weighted by Gasteiger charge is -2.15. The van der Waals surface area contributed by atoms with Crippen molar-refractivity contribution in [3.63, 3.8) is 0 Å². The van der Waals surface area contributed by atoms with Crippen LogP contribution < -0.4 is 15.2 Å². The molecule has 0 saturated carbocycles. The highest BCUT2D eigenvalue weighted by atomic mass is 32.1. The Bertz CT molecular complexity index is 611. The van der Waals surface area contributed by atoms with Crippen LogP contribution >= 0.6 is 11.3 Å². The van der Waals surface area contributed by atoms with Gasteiger partial charge >= 0.3 is 0 Å². The van der Waals surface area contributed by atoms with Gasteiger partial charge in [-0.3, -0.25) is 0 Å². The highest BCUT2D eigenvalue weighted by Crippen LogP contribution is 2.41. The number of rotatable bonds is 3. The minimum absolute atomic E-state index is 0.147. The smallest absolute Gasteiger partial charge is 0.162 e. The van der Waals surface area contributed by atoms with Gasteiger partial charge in [-0.15, -0.1) is 11.3 Å². The van der Waals surface area contributed by atoms with Gasteiger partial charge in [0, 0.05) is 27.1 Å². The van der Waals surface area contributed by atoms with E-state index in [1.54, 1.807) is 25.6 Å². The molecule has 2 N–H and O–H groups in total. The number of thiophene rings is 1. The van der Waals surface area contributed by atoms with Crippen molar-refractivity contribution in [2.24, 2.45) is 0 Å². The molecule has 20 heavy (non-hydrogen) atoms. The molecular formula is C16H21NO2S. The highest BCUT2D eigenvalue weighted by molar-refractivity contribution is 7.15. The van der Waals surface area contributed by atoms with Crippen molar-refractivity contribution in [2.45, 2.75) is 26.2 Å². The van der Waals surface area contributed by atoms with Gasteiger partial charge in [-0.2, -0.15) is 0 Å². The second-order valence-electron chi connectivity index (χ2n) is 5.71. The number of methoxy groups -OCH3 is 2. The summed E-state index contributed by atoms with van der Waals surface area (Å²) in [4.78, 5) is 2.48. The summed E-state index contributed by atoms with van der Waals surface area (Å²) < 4.78 is 10.6. The van der Waals surface area contributed by atoms with Crippen molar-refractivity contribution < 1.29 is 9.47 Å². The van der Waals surface area contributed by atoms with Crippen LogP contribution in [0.4, 0.5) is 5.69 Å². The summed E-state index contributed by atoms with van der Waals surface area (Å²) in [6.45, 7) is 6.63. The number of hydrogen-bond acceptors (Lipinski definition) is 4. The second-order valence-corrected chi connectivity index (χ2v) is 6.79. The van der Waals surface area contributed by atoms with Crippen molar-refractivity contribution in [3.8, 4) is 21.9 Å². The van der Waals surface area contributed by atoms with E-state index in [4.69, 9.17) is 15.2 Å². The molecule has 3 nitrogen and oxygen atoms in total. The summed E-state index contributed by atoms with van der Waals surface area (Å²) in [7, 11) is 3.24. The summed E-state index contributed by atoms with van der Waals surface area (Å²) in [5.41, 5.74) is 7.98. The normalized spacial score (nSPS) is 11.4. The van der Waals surface area contributed by atoms with E-state index < -0.39 is 0 Å². The number of benzene rings is 1. The topological polar surface area (TPSA) is 44.5 Å². The summed E-state index contributed by atoms with van der Waals surface area (Å²) in [6.07, 6.45) is 0. The molecule has 2 rings (SSSR count).